The molecule has 3 aromatic rings. The minimum absolute atomic E-state index is 0.0324. The maximum absolute atomic E-state index is 12.5. The highest BCUT2D eigenvalue weighted by Crippen LogP contribution is 2.40. The maximum atomic E-state index is 12.5. The fraction of sp³-hybridized carbons (Fsp3) is 0.600. The molecule has 3 aliphatic rings. The molecule has 1 aliphatic carbocycles. The van der Waals surface area contributed by atoms with Crippen LogP contribution in [0.15, 0.2) is 24.7 Å². The van der Waals surface area contributed by atoms with Gasteiger partial charge in [-0.15, -0.1) is 0 Å². The highest BCUT2D eigenvalue weighted by molar-refractivity contribution is 5.84. The van der Waals surface area contributed by atoms with Crippen LogP contribution >= 0.6 is 0 Å². The van der Waals surface area contributed by atoms with Gasteiger partial charge in [-0.05, 0) is 89.3 Å². The Bertz CT molecular complexity index is 1350. The molecule has 0 saturated carbocycles. The van der Waals surface area contributed by atoms with Crippen molar-refractivity contribution in [2.45, 2.75) is 84.0 Å². The third kappa shape index (κ3) is 5.21. The topological polar surface area (TPSA) is 85.6 Å². The van der Waals surface area contributed by atoms with Gasteiger partial charge in [0.05, 0.1) is 11.7 Å². The Balaban J connectivity index is 1.20. The van der Waals surface area contributed by atoms with Crippen LogP contribution in [0.4, 0.5) is 10.6 Å². The first-order chi connectivity index (χ1) is 18.8. The van der Waals surface area contributed by atoms with E-state index >= 15 is 0 Å². The summed E-state index contributed by atoms with van der Waals surface area (Å²) in [6, 6.07) is 4.44. The zero-order valence-electron chi connectivity index (χ0n) is 23.7. The third-order valence-electron chi connectivity index (χ3n) is 8.30. The molecule has 0 N–H and O–H groups in total. The van der Waals surface area contributed by atoms with Crippen LogP contribution in [-0.4, -0.2) is 69.1 Å². The van der Waals surface area contributed by atoms with Gasteiger partial charge in [0.1, 0.15) is 17.7 Å². The van der Waals surface area contributed by atoms with Crippen LogP contribution in [0, 0.1) is 6.92 Å². The number of carbonyl (C=O) groups excluding carboxylic acids is 1. The van der Waals surface area contributed by atoms with E-state index in [4.69, 9.17) is 24.5 Å². The van der Waals surface area contributed by atoms with E-state index < -0.39 is 5.60 Å². The van der Waals surface area contributed by atoms with Crippen LogP contribution in [0.1, 0.15) is 81.0 Å². The first-order valence-electron chi connectivity index (χ1n) is 14.4. The zero-order valence-corrected chi connectivity index (χ0v) is 23.7. The molecular formula is C30H40N6O3. The number of anilines is 1. The molecule has 4 heterocycles. The number of aromatic nitrogens is 4. The van der Waals surface area contributed by atoms with Crippen molar-refractivity contribution in [1.82, 2.24) is 24.6 Å². The maximum Gasteiger partial charge on any atom is 0.410 e. The second-order valence-electron chi connectivity index (χ2n) is 12.2. The molecule has 2 unspecified atom stereocenters. The number of benzene rings is 1. The lowest BCUT2D eigenvalue weighted by Gasteiger charge is -2.37. The number of amides is 1. The Kier molecular flexibility index (Phi) is 6.95. The van der Waals surface area contributed by atoms with Crippen LogP contribution in [0.5, 0.6) is 0 Å². The quantitative estimate of drug-likeness (QED) is 0.460. The lowest BCUT2D eigenvalue weighted by molar-refractivity contribution is -0.0366. The van der Waals surface area contributed by atoms with Gasteiger partial charge in [-0.1, -0.05) is 6.07 Å². The van der Waals surface area contributed by atoms with Gasteiger partial charge < -0.3 is 19.3 Å². The molecule has 2 atom stereocenters. The highest BCUT2D eigenvalue weighted by atomic mass is 16.6. The van der Waals surface area contributed by atoms with Gasteiger partial charge in [-0.3, -0.25) is 0 Å². The lowest BCUT2D eigenvalue weighted by Crippen LogP contribution is -2.50. The second-order valence-corrected chi connectivity index (χ2v) is 12.2. The van der Waals surface area contributed by atoms with Gasteiger partial charge in [0.2, 0.25) is 0 Å². The Hall–Kier alpha value is -3.20. The molecule has 0 radical (unpaired) electrons. The normalized spacial score (nSPS) is 22.2. The number of hydrogen-bond donors (Lipinski definition) is 0. The van der Waals surface area contributed by atoms with Gasteiger partial charge >= 0.3 is 6.09 Å². The van der Waals surface area contributed by atoms with Crippen molar-refractivity contribution in [3.8, 4) is 0 Å². The summed E-state index contributed by atoms with van der Waals surface area (Å²) in [5.74, 6) is 1.41. The van der Waals surface area contributed by atoms with E-state index in [9.17, 15) is 4.79 Å². The molecule has 1 amide bonds. The van der Waals surface area contributed by atoms with Gasteiger partial charge in [-0.2, -0.15) is 5.10 Å². The van der Waals surface area contributed by atoms with Crippen LogP contribution in [0.3, 0.4) is 0 Å². The SMILES string of the molecule is Cc1ccc2c(cnn2C2CCCCO2)c1C1CCc2c(ncnc2N2CCN(C(=O)OC(C)(C)C)CC2)C1. The minimum Gasteiger partial charge on any atom is -0.444 e. The molecule has 9 heteroatoms. The first kappa shape index (κ1) is 26.0. The van der Waals surface area contributed by atoms with E-state index in [-0.39, 0.29) is 12.3 Å². The number of carbonyl (C=O) groups is 1. The van der Waals surface area contributed by atoms with E-state index in [1.54, 1.807) is 11.2 Å². The van der Waals surface area contributed by atoms with E-state index in [1.165, 1.54) is 34.0 Å². The molecule has 1 aromatic carbocycles. The van der Waals surface area contributed by atoms with E-state index in [1.807, 2.05) is 27.0 Å². The third-order valence-corrected chi connectivity index (χ3v) is 8.30. The number of piperazine rings is 1. The summed E-state index contributed by atoms with van der Waals surface area (Å²) in [4.78, 5) is 26.1. The summed E-state index contributed by atoms with van der Waals surface area (Å²) in [7, 11) is 0. The standard InChI is InChI=1S/C30H40N6O3/c1-20-8-11-25-23(18-33-36(25)26-7-5-6-16-38-26)27(20)21-9-10-22-24(17-21)31-19-32-28(22)34-12-14-35(15-13-34)29(37)39-30(2,3)4/h8,11,18-19,21,26H,5-7,9-10,12-17H2,1-4H3. The van der Waals surface area contributed by atoms with E-state index in [0.717, 1.165) is 63.3 Å². The molecule has 6 rings (SSSR count). The number of aryl methyl sites for hydroxylation is 1. The molecule has 2 fully saturated rings. The summed E-state index contributed by atoms with van der Waals surface area (Å²) in [6.45, 7) is 11.5. The van der Waals surface area contributed by atoms with E-state index in [0.29, 0.717) is 19.0 Å². The summed E-state index contributed by atoms with van der Waals surface area (Å²) in [6.07, 6.45) is 9.77. The lowest BCUT2D eigenvalue weighted by atomic mass is 9.79. The average Bonchev–Trinajstić information content (AvgIpc) is 3.36. The van der Waals surface area contributed by atoms with Crippen LogP contribution in [-0.2, 0) is 22.3 Å². The summed E-state index contributed by atoms with van der Waals surface area (Å²) in [5.41, 5.74) is 5.79. The number of hydrogen-bond acceptors (Lipinski definition) is 7. The summed E-state index contributed by atoms with van der Waals surface area (Å²) >= 11 is 0. The first-order valence-corrected chi connectivity index (χ1v) is 14.4. The molecule has 9 nitrogen and oxygen atoms in total. The monoisotopic (exact) mass is 532 g/mol. The molecule has 0 bridgehead atoms. The number of rotatable bonds is 3. The van der Waals surface area contributed by atoms with Crippen molar-refractivity contribution in [1.29, 1.82) is 0 Å². The smallest absolute Gasteiger partial charge is 0.410 e. The minimum atomic E-state index is -0.485. The van der Waals surface area contributed by atoms with Crippen molar-refractivity contribution < 1.29 is 14.3 Å². The Morgan fingerprint density at radius 2 is 1.90 bits per heavy atom. The molecule has 39 heavy (non-hydrogen) atoms. The Morgan fingerprint density at radius 3 is 2.64 bits per heavy atom. The van der Waals surface area contributed by atoms with Gasteiger partial charge in [-0.25, -0.2) is 19.4 Å². The van der Waals surface area contributed by atoms with Crippen molar-refractivity contribution in [2.24, 2.45) is 0 Å². The van der Waals surface area contributed by atoms with Crippen LogP contribution in [0.2, 0.25) is 0 Å². The fourth-order valence-electron chi connectivity index (χ4n) is 6.41. The van der Waals surface area contributed by atoms with Crippen molar-refractivity contribution in [3.05, 3.63) is 47.0 Å². The van der Waals surface area contributed by atoms with E-state index in [2.05, 4.69) is 28.6 Å². The molecule has 2 aromatic heterocycles. The predicted molar refractivity (Wildman–Crippen MR) is 150 cm³/mol. The van der Waals surface area contributed by atoms with Crippen molar-refractivity contribution >= 4 is 22.8 Å². The Labute approximate surface area is 230 Å². The largest absolute Gasteiger partial charge is 0.444 e. The van der Waals surface area contributed by atoms with Crippen molar-refractivity contribution in [3.63, 3.8) is 0 Å². The Morgan fingerprint density at radius 1 is 1.08 bits per heavy atom. The molecule has 2 aliphatic heterocycles. The number of nitrogens with zero attached hydrogens (tertiary/aromatic N) is 6. The summed E-state index contributed by atoms with van der Waals surface area (Å²) in [5, 5.41) is 6.04. The second kappa shape index (κ2) is 10.4. The molecule has 0 spiro atoms. The van der Waals surface area contributed by atoms with Crippen LogP contribution < -0.4 is 4.90 Å². The number of ether oxygens (including phenoxy) is 2. The van der Waals surface area contributed by atoms with Crippen molar-refractivity contribution in [2.75, 3.05) is 37.7 Å². The molecule has 2 saturated heterocycles. The highest BCUT2D eigenvalue weighted by Gasteiger charge is 2.31. The zero-order chi connectivity index (χ0) is 27.1. The van der Waals surface area contributed by atoms with Gasteiger partial charge in [0.25, 0.3) is 0 Å². The molecular weight excluding hydrogens is 492 g/mol. The van der Waals surface area contributed by atoms with Crippen LogP contribution in [0.25, 0.3) is 10.9 Å². The predicted octanol–water partition coefficient (Wildman–Crippen LogP) is 5.16. The number of fused-ring (bicyclic) bond motifs is 2. The summed E-state index contributed by atoms with van der Waals surface area (Å²) < 4.78 is 13.7. The average molecular weight is 533 g/mol. The van der Waals surface area contributed by atoms with Gasteiger partial charge in [0.15, 0.2) is 6.23 Å². The fourth-order valence-corrected chi connectivity index (χ4v) is 6.41. The molecule has 208 valence electrons. The van der Waals surface area contributed by atoms with Gasteiger partial charge in [0, 0.05) is 49.4 Å².